The van der Waals surface area contributed by atoms with Crippen molar-refractivity contribution in [2.24, 2.45) is 5.73 Å². The summed E-state index contributed by atoms with van der Waals surface area (Å²) in [6.45, 7) is 0.543. The summed E-state index contributed by atoms with van der Waals surface area (Å²) in [6.07, 6.45) is 1.85. The number of thiazole rings is 1. The van der Waals surface area contributed by atoms with Crippen LogP contribution < -0.4 is 20.3 Å². The summed E-state index contributed by atoms with van der Waals surface area (Å²) >= 11 is 1.28. The van der Waals surface area contributed by atoms with Crippen molar-refractivity contribution < 1.29 is 17.8 Å². The molecular formula is C26H29N5O4S2. The molecule has 3 aromatic carbocycles. The van der Waals surface area contributed by atoms with Gasteiger partial charge in [-0.1, -0.05) is 36.4 Å². The number of nitrogens with two attached hydrogens (primary N) is 1. The number of carbonyl (C=O) groups excluding carboxylic acids is 1. The maximum absolute atomic E-state index is 12.7. The zero-order chi connectivity index (χ0) is 26.6. The molecule has 0 spiro atoms. The van der Waals surface area contributed by atoms with Gasteiger partial charge in [0.05, 0.1) is 17.1 Å². The van der Waals surface area contributed by atoms with E-state index in [4.69, 9.17) is 5.73 Å². The number of benzene rings is 3. The summed E-state index contributed by atoms with van der Waals surface area (Å²) in [5.74, 6) is -0.131. The number of amides is 1. The highest BCUT2D eigenvalue weighted by Gasteiger charge is 2.25. The zero-order valence-electron chi connectivity index (χ0n) is 20.6. The number of nitrogens with zero attached hydrogens (tertiary/aromatic N) is 3. The summed E-state index contributed by atoms with van der Waals surface area (Å²) in [6, 6.07) is 17.7. The van der Waals surface area contributed by atoms with Crippen molar-refractivity contribution in [3.63, 3.8) is 0 Å². The third-order valence-electron chi connectivity index (χ3n) is 5.79. The lowest BCUT2D eigenvalue weighted by Crippen LogP contribution is -2.25. The van der Waals surface area contributed by atoms with Crippen LogP contribution in [0.3, 0.4) is 0 Å². The monoisotopic (exact) mass is 539 g/mol. The van der Waals surface area contributed by atoms with Gasteiger partial charge in [0.15, 0.2) is 5.13 Å². The predicted molar refractivity (Wildman–Crippen MR) is 151 cm³/mol. The lowest BCUT2D eigenvalue weighted by molar-refractivity contribution is -0.116. The van der Waals surface area contributed by atoms with Crippen molar-refractivity contribution in [2.75, 3.05) is 35.2 Å². The first-order valence-electron chi connectivity index (χ1n) is 11.7. The van der Waals surface area contributed by atoms with Gasteiger partial charge in [-0.2, -0.15) is 8.42 Å². The van der Waals surface area contributed by atoms with Crippen LogP contribution in [0, 0.1) is 0 Å². The molecule has 1 aromatic heterocycles. The highest BCUT2D eigenvalue weighted by atomic mass is 32.2. The second-order valence-corrected chi connectivity index (χ2v) is 10.8. The van der Waals surface area contributed by atoms with Crippen LogP contribution in [-0.2, 0) is 15.1 Å². The van der Waals surface area contributed by atoms with Crippen molar-refractivity contribution in [2.45, 2.75) is 19.3 Å². The van der Waals surface area contributed by atoms with Crippen molar-refractivity contribution in [3.8, 4) is 11.3 Å². The normalized spacial score (nSPS) is 11.5. The van der Waals surface area contributed by atoms with E-state index in [0.717, 1.165) is 21.8 Å². The van der Waals surface area contributed by atoms with E-state index in [2.05, 4.69) is 10.3 Å². The van der Waals surface area contributed by atoms with Crippen molar-refractivity contribution >= 4 is 60.5 Å². The fourth-order valence-corrected chi connectivity index (χ4v) is 5.63. The summed E-state index contributed by atoms with van der Waals surface area (Å²) in [7, 11) is -0.855. The van der Waals surface area contributed by atoms with Crippen LogP contribution in [0.1, 0.15) is 19.3 Å². The van der Waals surface area contributed by atoms with Gasteiger partial charge in [-0.15, -0.1) is 11.3 Å². The maximum atomic E-state index is 12.7. The molecule has 4 aromatic rings. The molecule has 0 saturated heterocycles. The first-order valence-corrected chi connectivity index (χ1v) is 14.0. The molecule has 37 heavy (non-hydrogen) atoms. The molecule has 0 saturated carbocycles. The summed E-state index contributed by atoms with van der Waals surface area (Å²) in [5, 5.41) is 6.55. The largest absolute Gasteiger partial charge is 0.377 e. The highest BCUT2D eigenvalue weighted by Crippen LogP contribution is 2.38. The van der Waals surface area contributed by atoms with Gasteiger partial charge in [-0.3, -0.25) is 9.35 Å². The molecule has 0 radical (unpaired) electrons. The first-order chi connectivity index (χ1) is 17.7. The Morgan fingerprint density at radius 1 is 1.03 bits per heavy atom. The van der Waals surface area contributed by atoms with Crippen LogP contribution in [0.4, 0.5) is 22.2 Å². The molecule has 1 heterocycles. The van der Waals surface area contributed by atoms with E-state index in [1.165, 1.54) is 11.3 Å². The topological polar surface area (TPSA) is 129 Å². The Labute approximate surface area is 220 Å². The highest BCUT2D eigenvalue weighted by molar-refractivity contribution is 7.87. The van der Waals surface area contributed by atoms with E-state index in [1.54, 1.807) is 41.8 Å². The van der Waals surface area contributed by atoms with E-state index in [9.17, 15) is 17.8 Å². The van der Waals surface area contributed by atoms with E-state index in [0.29, 0.717) is 46.8 Å². The van der Waals surface area contributed by atoms with E-state index in [-0.39, 0.29) is 11.6 Å². The van der Waals surface area contributed by atoms with E-state index >= 15 is 0 Å². The Hall–Kier alpha value is -3.51. The van der Waals surface area contributed by atoms with Gasteiger partial charge in [-0.25, -0.2) is 9.29 Å². The van der Waals surface area contributed by atoms with Gasteiger partial charge >= 0.3 is 10.3 Å². The summed E-state index contributed by atoms with van der Waals surface area (Å²) < 4.78 is 36.6. The Balaban J connectivity index is 1.70. The molecule has 194 valence electrons. The number of aromatic nitrogens is 1. The second-order valence-electron chi connectivity index (χ2n) is 8.67. The quantitative estimate of drug-likeness (QED) is 0.190. The maximum Gasteiger partial charge on any atom is 0.364 e. The molecule has 0 fully saturated rings. The van der Waals surface area contributed by atoms with Gasteiger partial charge in [-0.05, 0) is 43.7 Å². The molecule has 0 atom stereocenters. The van der Waals surface area contributed by atoms with E-state index in [1.807, 2.05) is 43.3 Å². The van der Waals surface area contributed by atoms with Crippen molar-refractivity contribution in [1.29, 1.82) is 0 Å². The predicted octanol–water partition coefficient (Wildman–Crippen LogP) is 5.04. The van der Waals surface area contributed by atoms with Crippen LogP contribution in [0.25, 0.3) is 22.0 Å². The first kappa shape index (κ1) is 26.6. The van der Waals surface area contributed by atoms with Crippen LogP contribution in [0.15, 0.2) is 66.0 Å². The molecule has 0 aliphatic heterocycles. The molecule has 0 bridgehead atoms. The minimum Gasteiger partial charge on any atom is -0.377 e. The van der Waals surface area contributed by atoms with Crippen molar-refractivity contribution in [1.82, 2.24) is 4.98 Å². The fourth-order valence-electron chi connectivity index (χ4n) is 4.11. The van der Waals surface area contributed by atoms with Crippen LogP contribution in [0.2, 0.25) is 0 Å². The van der Waals surface area contributed by atoms with Gasteiger partial charge in [0, 0.05) is 47.9 Å². The molecule has 11 heteroatoms. The van der Waals surface area contributed by atoms with Gasteiger partial charge in [0.1, 0.15) is 0 Å². The van der Waals surface area contributed by atoms with Crippen LogP contribution in [0.5, 0.6) is 0 Å². The van der Waals surface area contributed by atoms with Gasteiger partial charge in [0.25, 0.3) is 0 Å². The number of fused-ring (bicyclic) bond motifs is 1. The van der Waals surface area contributed by atoms with Gasteiger partial charge < -0.3 is 16.0 Å². The standard InChI is InChI=1S/C26H29N5O4S2/c1-30(2)23-12-6-11-21-20(23)10-7-13-24(21)31(37(33,34)35)19-9-5-8-18(16-19)22-17-36-26(28-22)29-25(32)14-3-4-15-27/h5-13,16-17H,3-4,14-15,27H2,1-2H3,(H,28,29,32)(H,33,34,35). The Kier molecular flexibility index (Phi) is 8.08. The molecule has 0 aliphatic rings. The number of carbonyl (C=O) groups is 1. The molecule has 4 rings (SSSR count). The average molecular weight is 540 g/mol. The number of hydrogen-bond acceptors (Lipinski definition) is 7. The van der Waals surface area contributed by atoms with Gasteiger partial charge in [0.2, 0.25) is 5.91 Å². The van der Waals surface area contributed by atoms with Crippen LogP contribution in [-0.4, -0.2) is 44.5 Å². The SMILES string of the molecule is CN(C)c1cccc2c(N(c3cccc(-c4csc(NC(=O)CCCCN)n4)c3)S(=O)(=O)O)cccc12. The smallest absolute Gasteiger partial charge is 0.364 e. The molecule has 0 aliphatic carbocycles. The molecule has 1 amide bonds. The Morgan fingerprint density at radius 2 is 1.70 bits per heavy atom. The lowest BCUT2D eigenvalue weighted by Gasteiger charge is -2.24. The summed E-state index contributed by atoms with van der Waals surface area (Å²) in [5.41, 5.74) is 8.19. The summed E-state index contributed by atoms with van der Waals surface area (Å²) in [4.78, 5) is 18.6. The van der Waals surface area contributed by atoms with E-state index < -0.39 is 10.3 Å². The Bertz CT molecular complexity index is 1520. The number of nitrogens with one attached hydrogen (secondary N) is 1. The molecule has 4 N–H and O–H groups in total. The van der Waals surface area contributed by atoms with Crippen LogP contribution >= 0.6 is 11.3 Å². The molecular weight excluding hydrogens is 510 g/mol. The Morgan fingerprint density at radius 3 is 2.38 bits per heavy atom. The minimum absolute atomic E-state index is 0.131. The lowest BCUT2D eigenvalue weighted by atomic mass is 10.1. The third kappa shape index (κ3) is 6.08. The fraction of sp³-hybridized carbons (Fsp3) is 0.231. The average Bonchev–Trinajstić information content (AvgIpc) is 3.32. The number of hydrogen-bond donors (Lipinski definition) is 3. The minimum atomic E-state index is -4.68. The van der Waals surface area contributed by atoms with Crippen molar-refractivity contribution in [3.05, 3.63) is 66.0 Å². The molecule has 0 unspecified atom stereocenters. The zero-order valence-corrected chi connectivity index (χ0v) is 22.2. The molecule has 9 nitrogen and oxygen atoms in total. The number of rotatable bonds is 10. The second kappa shape index (κ2) is 11.3. The third-order valence-corrected chi connectivity index (χ3v) is 7.42. The number of anilines is 4. The number of unbranched alkanes of at least 4 members (excludes halogenated alkanes) is 1.